The topological polar surface area (TPSA) is 37.0 Å². The first-order valence-corrected chi connectivity index (χ1v) is 6.79. The van der Waals surface area contributed by atoms with Crippen LogP contribution in [0.15, 0.2) is 42.7 Å². The molecule has 0 aliphatic carbocycles. The quantitative estimate of drug-likeness (QED) is 0.862. The van der Waals surface area contributed by atoms with Crippen LogP contribution in [-0.2, 0) is 0 Å². The molecule has 0 radical (unpaired) electrons. The summed E-state index contributed by atoms with van der Waals surface area (Å²) in [5.74, 6) is 0. The number of benzene rings is 1. The maximum absolute atomic E-state index is 4.25. The molecule has 19 heavy (non-hydrogen) atoms. The first kappa shape index (κ1) is 12.3. The van der Waals surface area contributed by atoms with E-state index in [4.69, 9.17) is 0 Å². The molecule has 1 aliphatic rings. The van der Waals surface area contributed by atoms with Gasteiger partial charge in [0.05, 0.1) is 0 Å². The van der Waals surface area contributed by atoms with Crippen molar-refractivity contribution in [3.63, 3.8) is 0 Å². The van der Waals surface area contributed by atoms with Gasteiger partial charge in [0.1, 0.15) is 0 Å². The Balaban J connectivity index is 1.82. The summed E-state index contributed by atoms with van der Waals surface area (Å²) in [5, 5.41) is 6.94. The van der Waals surface area contributed by atoms with Gasteiger partial charge in [-0.25, -0.2) is 0 Å². The fraction of sp³-hybridized carbons (Fsp3) is 0.312. The second-order valence-electron chi connectivity index (χ2n) is 5.08. The molecule has 1 aromatic heterocycles. The number of piperazine rings is 1. The van der Waals surface area contributed by atoms with E-state index >= 15 is 0 Å². The minimum absolute atomic E-state index is 0.429. The predicted octanol–water partition coefficient (Wildman–Crippen LogP) is 2.29. The number of nitrogens with one attached hydrogen (secondary N) is 2. The van der Waals surface area contributed by atoms with Crippen molar-refractivity contribution in [2.24, 2.45) is 0 Å². The van der Waals surface area contributed by atoms with E-state index < -0.39 is 0 Å². The lowest BCUT2D eigenvalue weighted by Crippen LogP contribution is -2.42. The second kappa shape index (κ2) is 5.51. The molecule has 98 valence electrons. The molecule has 0 saturated carbocycles. The van der Waals surface area contributed by atoms with Crippen molar-refractivity contribution in [1.82, 2.24) is 15.6 Å². The zero-order chi connectivity index (χ0) is 13.1. The van der Waals surface area contributed by atoms with Crippen LogP contribution in [-0.4, -0.2) is 24.6 Å². The van der Waals surface area contributed by atoms with Crippen molar-refractivity contribution in [2.75, 3.05) is 19.6 Å². The molecule has 1 aliphatic heterocycles. The normalized spacial score (nSPS) is 19.3. The van der Waals surface area contributed by atoms with Crippen LogP contribution < -0.4 is 10.6 Å². The third-order valence-corrected chi connectivity index (χ3v) is 3.56. The smallest absolute Gasteiger partial charge is 0.0447 e. The molecular weight excluding hydrogens is 234 g/mol. The number of aryl methyl sites for hydroxylation is 1. The third kappa shape index (κ3) is 2.83. The molecule has 3 heteroatoms. The Morgan fingerprint density at radius 2 is 1.89 bits per heavy atom. The summed E-state index contributed by atoms with van der Waals surface area (Å²) >= 11 is 0. The highest BCUT2D eigenvalue weighted by molar-refractivity contribution is 5.63. The molecule has 0 amide bonds. The minimum atomic E-state index is 0.429. The molecule has 2 aromatic rings. The van der Waals surface area contributed by atoms with Gasteiger partial charge in [-0.05, 0) is 29.7 Å². The highest BCUT2D eigenvalue weighted by atomic mass is 15.1. The van der Waals surface area contributed by atoms with Crippen molar-refractivity contribution in [1.29, 1.82) is 0 Å². The monoisotopic (exact) mass is 253 g/mol. The van der Waals surface area contributed by atoms with Crippen molar-refractivity contribution in [3.8, 4) is 11.1 Å². The molecule has 0 bridgehead atoms. The SMILES string of the molecule is Cc1cncc(-c2ccc(C3CNCCN3)cc2)c1. The summed E-state index contributed by atoms with van der Waals surface area (Å²) in [6.07, 6.45) is 3.80. The fourth-order valence-corrected chi connectivity index (χ4v) is 2.51. The Labute approximate surface area is 114 Å². The van der Waals surface area contributed by atoms with Gasteiger partial charge in [-0.3, -0.25) is 4.98 Å². The molecule has 1 unspecified atom stereocenters. The van der Waals surface area contributed by atoms with Gasteiger partial charge < -0.3 is 10.6 Å². The summed E-state index contributed by atoms with van der Waals surface area (Å²) in [6, 6.07) is 11.4. The van der Waals surface area contributed by atoms with Crippen LogP contribution in [0.25, 0.3) is 11.1 Å². The van der Waals surface area contributed by atoms with E-state index in [1.54, 1.807) is 0 Å². The Bertz CT molecular complexity index is 542. The van der Waals surface area contributed by atoms with Gasteiger partial charge in [0.2, 0.25) is 0 Å². The highest BCUT2D eigenvalue weighted by Crippen LogP contribution is 2.22. The molecule has 1 fully saturated rings. The van der Waals surface area contributed by atoms with Crippen LogP contribution in [0.2, 0.25) is 0 Å². The largest absolute Gasteiger partial charge is 0.314 e. The zero-order valence-electron chi connectivity index (χ0n) is 11.2. The van der Waals surface area contributed by atoms with E-state index in [-0.39, 0.29) is 0 Å². The molecule has 2 heterocycles. The molecule has 2 N–H and O–H groups in total. The Kier molecular flexibility index (Phi) is 3.58. The summed E-state index contributed by atoms with van der Waals surface area (Å²) < 4.78 is 0. The average molecular weight is 253 g/mol. The average Bonchev–Trinajstić information content (AvgIpc) is 2.48. The van der Waals surface area contributed by atoms with Crippen LogP contribution in [0.5, 0.6) is 0 Å². The summed E-state index contributed by atoms with van der Waals surface area (Å²) in [7, 11) is 0. The van der Waals surface area contributed by atoms with Crippen molar-refractivity contribution >= 4 is 0 Å². The van der Waals surface area contributed by atoms with Gasteiger partial charge in [0.15, 0.2) is 0 Å². The van der Waals surface area contributed by atoms with E-state index in [0.717, 1.165) is 19.6 Å². The lowest BCUT2D eigenvalue weighted by Gasteiger charge is -2.25. The molecule has 1 atom stereocenters. The first-order valence-electron chi connectivity index (χ1n) is 6.79. The van der Waals surface area contributed by atoms with E-state index in [1.807, 2.05) is 12.4 Å². The summed E-state index contributed by atoms with van der Waals surface area (Å²) in [6.45, 7) is 5.17. The van der Waals surface area contributed by atoms with E-state index in [1.165, 1.54) is 22.3 Å². The van der Waals surface area contributed by atoms with Gasteiger partial charge in [-0.2, -0.15) is 0 Å². The number of rotatable bonds is 2. The standard InChI is InChI=1S/C16H19N3/c1-12-8-15(10-18-9-12)13-2-4-14(5-3-13)16-11-17-6-7-19-16/h2-5,8-10,16-17,19H,6-7,11H2,1H3. The van der Waals surface area contributed by atoms with E-state index in [0.29, 0.717) is 6.04 Å². The molecule has 0 spiro atoms. The highest BCUT2D eigenvalue weighted by Gasteiger charge is 2.13. The Morgan fingerprint density at radius 3 is 2.58 bits per heavy atom. The second-order valence-corrected chi connectivity index (χ2v) is 5.08. The minimum Gasteiger partial charge on any atom is -0.314 e. The van der Waals surface area contributed by atoms with Crippen LogP contribution in [0, 0.1) is 6.92 Å². The fourth-order valence-electron chi connectivity index (χ4n) is 2.51. The van der Waals surface area contributed by atoms with Crippen LogP contribution >= 0.6 is 0 Å². The van der Waals surface area contributed by atoms with E-state index in [2.05, 4.69) is 52.9 Å². The molecule has 3 nitrogen and oxygen atoms in total. The molecule has 3 rings (SSSR count). The summed E-state index contributed by atoms with van der Waals surface area (Å²) in [5.41, 5.74) is 4.95. The van der Waals surface area contributed by atoms with Crippen LogP contribution in [0.3, 0.4) is 0 Å². The van der Waals surface area contributed by atoms with Gasteiger partial charge >= 0.3 is 0 Å². The van der Waals surface area contributed by atoms with Crippen LogP contribution in [0.4, 0.5) is 0 Å². The number of aromatic nitrogens is 1. The van der Waals surface area contributed by atoms with Crippen LogP contribution in [0.1, 0.15) is 17.2 Å². The van der Waals surface area contributed by atoms with E-state index in [9.17, 15) is 0 Å². The molecule has 1 aromatic carbocycles. The van der Waals surface area contributed by atoms with Gasteiger partial charge in [-0.1, -0.05) is 24.3 Å². The number of hydrogen-bond donors (Lipinski definition) is 2. The maximum atomic E-state index is 4.25. The van der Waals surface area contributed by atoms with Gasteiger partial charge in [-0.15, -0.1) is 0 Å². The zero-order valence-corrected chi connectivity index (χ0v) is 11.2. The molecular formula is C16H19N3. The predicted molar refractivity (Wildman–Crippen MR) is 78.0 cm³/mol. The first-order chi connectivity index (χ1) is 9.33. The number of hydrogen-bond acceptors (Lipinski definition) is 3. The van der Waals surface area contributed by atoms with Gasteiger partial charge in [0, 0.05) is 43.6 Å². The lowest BCUT2D eigenvalue weighted by atomic mass is 10.0. The Hall–Kier alpha value is -1.71. The van der Waals surface area contributed by atoms with Crippen molar-refractivity contribution in [2.45, 2.75) is 13.0 Å². The number of nitrogens with zero attached hydrogens (tertiary/aromatic N) is 1. The summed E-state index contributed by atoms with van der Waals surface area (Å²) in [4.78, 5) is 4.25. The number of pyridine rings is 1. The maximum Gasteiger partial charge on any atom is 0.0447 e. The lowest BCUT2D eigenvalue weighted by molar-refractivity contribution is 0.430. The van der Waals surface area contributed by atoms with Crippen molar-refractivity contribution in [3.05, 3.63) is 53.9 Å². The molecule has 1 saturated heterocycles. The Morgan fingerprint density at radius 1 is 1.05 bits per heavy atom. The van der Waals surface area contributed by atoms with Gasteiger partial charge in [0.25, 0.3) is 0 Å². The van der Waals surface area contributed by atoms with Crippen molar-refractivity contribution < 1.29 is 0 Å². The third-order valence-electron chi connectivity index (χ3n) is 3.56.